The van der Waals surface area contributed by atoms with Crippen molar-refractivity contribution in [3.63, 3.8) is 0 Å². The quantitative estimate of drug-likeness (QED) is 0.908. The fourth-order valence-corrected chi connectivity index (χ4v) is 3.22. The molecule has 1 heterocycles. The van der Waals surface area contributed by atoms with Gasteiger partial charge < -0.3 is 15.0 Å². The van der Waals surface area contributed by atoms with Crippen LogP contribution in [-0.4, -0.2) is 25.1 Å². The van der Waals surface area contributed by atoms with E-state index >= 15 is 0 Å². The van der Waals surface area contributed by atoms with E-state index in [-0.39, 0.29) is 18.5 Å². The van der Waals surface area contributed by atoms with Gasteiger partial charge in [0.15, 0.2) is 0 Å². The van der Waals surface area contributed by atoms with E-state index < -0.39 is 0 Å². The number of anilines is 2. The Hall–Kier alpha value is -2.49. The van der Waals surface area contributed by atoms with Crippen LogP contribution in [-0.2, 0) is 11.2 Å². The molecule has 0 aliphatic carbocycles. The van der Waals surface area contributed by atoms with E-state index in [9.17, 15) is 4.79 Å². The maximum Gasteiger partial charge on any atom is 0.246 e. The van der Waals surface area contributed by atoms with Crippen LogP contribution in [0.15, 0.2) is 48.5 Å². The minimum absolute atomic E-state index is 0.0842. The van der Waals surface area contributed by atoms with Crippen LogP contribution in [0.1, 0.15) is 25.8 Å². The fourth-order valence-electron chi connectivity index (χ4n) is 3.22. The number of aryl methyl sites for hydroxylation is 1. The standard InChI is InChI=1S/C20H24N2O2/c1-3-24-19-11-7-5-9-17(19)21-14-20(23)22-15(2)12-13-16-8-4-6-10-18(16)22/h4-11,15,21H,3,12-14H2,1-2H3/t15-/m1/s1. The number of rotatable bonds is 5. The Balaban J connectivity index is 1.74. The second-order valence-corrected chi connectivity index (χ2v) is 6.06. The lowest BCUT2D eigenvalue weighted by atomic mass is 9.96. The van der Waals surface area contributed by atoms with Gasteiger partial charge in [0.25, 0.3) is 0 Å². The normalized spacial score (nSPS) is 16.4. The molecular weight excluding hydrogens is 300 g/mol. The van der Waals surface area contributed by atoms with Crippen LogP contribution < -0.4 is 15.0 Å². The number of amides is 1. The van der Waals surface area contributed by atoms with Crippen molar-refractivity contribution < 1.29 is 9.53 Å². The second-order valence-electron chi connectivity index (χ2n) is 6.06. The Labute approximate surface area is 143 Å². The van der Waals surface area contributed by atoms with E-state index in [1.54, 1.807) is 0 Å². The highest BCUT2D eigenvalue weighted by molar-refractivity contribution is 5.97. The number of hydrogen-bond acceptors (Lipinski definition) is 3. The van der Waals surface area contributed by atoms with Gasteiger partial charge in [-0.1, -0.05) is 30.3 Å². The molecule has 4 nitrogen and oxygen atoms in total. The van der Waals surface area contributed by atoms with Crippen molar-refractivity contribution >= 4 is 17.3 Å². The lowest BCUT2D eigenvalue weighted by molar-refractivity contribution is -0.117. The molecule has 0 bridgehead atoms. The minimum Gasteiger partial charge on any atom is -0.492 e. The van der Waals surface area contributed by atoms with Gasteiger partial charge in [-0.05, 0) is 50.5 Å². The van der Waals surface area contributed by atoms with Gasteiger partial charge in [-0.3, -0.25) is 4.79 Å². The van der Waals surface area contributed by atoms with Gasteiger partial charge in [-0.2, -0.15) is 0 Å². The molecule has 126 valence electrons. The molecule has 4 heteroatoms. The van der Waals surface area contributed by atoms with Crippen LogP contribution >= 0.6 is 0 Å². The monoisotopic (exact) mass is 324 g/mol. The molecule has 1 amide bonds. The predicted octanol–water partition coefficient (Wildman–Crippen LogP) is 3.87. The molecule has 24 heavy (non-hydrogen) atoms. The molecule has 0 spiro atoms. The molecule has 0 saturated carbocycles. The first-order valence-corrected chi connectivity index (χ1v) is 8.56. The number of ether oxygens (including phenoxy) is 1. The summed E-state index contributed by atoms with van der Waals surface area (Å²) in [4.78, 5) is 14.8. The number of fused-ring (bicyclic) bond motifs is 1. The third-order valence-corrected chi connectivity index (χ3v) is 4.41. The van der Waals surface area contributed by atoms with E-state index in [1.807, 2.05) is 54.3 Å². The highest BCUT2D eigenvalue weighted by atomic mass is 16.5. The highest BCUT2D eigenvalue weighted by Gasteiger charge is 2.27. The first-order chi connectivity index (χ1) is 11.7. The summed E-state index contributed by atoms with van der Waals surface area (Å²) in [6, 6.07) is 16.1. The van der Waals surface area contributed by atoms with E-state index in [0.717, 1.165) is 30.0 Å². The van der Waals surface area contributed by atoms with Gasteiger partial charge in [0.05, 0.1) is 18.8 Å². The zero-order chi connectivity index (χ0) is 16.9. The van der Waals surface area contributed by atoms with Crippen molar-refractivity contribution in [3.8, 4) is 5.75 Å². The van der Waals surface area contributed by atoms with Crippen molar-refractivity contribution in [2.24, 2.45) is 0 Å². The number of hydrogen-bond donors (Lipinski definition) is 1. The zero-order valence-electron chi connectivity index (χ0n) is 14.3. The SMILES string of the molecule is CCOc1ccccc1NCC(=O)N1c2ccccc2CC[C@H]1C. The van der Waals surface area contributed by atoms with Crippen LogP contribution in [0, 0.1) is 0 Å². The number of carbonyl (C=O) groups is 1. The van der Waals surface area contributed by atoms with Gasteiger partial charge in [0.2, 0.25) is 5.91 Å². The average molecular weight is 324 g/mol. The average Bonchev–Trinajstić information content (AvgIpc) is 2.61. The van der Waals surface area contributed by atoms with E-state index in [4.69, 9.17) is 4.74 Å². The van der Waals surface area contributed by atoms with Crippen molar-refractivity contribution in [2.75, 3.05) is 23.4 Å². The molecule has 0 saturated heterocycles. The summed E-state index contributed by atoms with van der Waals surface area (Å²) in [7, 11) is 0. The van der Waals surface area contributed by atoms with Gasteiger partial charge in [-0.15, -0.1) is 0 Å². The largest absolute Gasteiger partial charge is 0.492 e. The number of nitrogens with one attached hydrogen (secondary N) is 1. The topological polar surface area (TPSA) is 41.6 Å². The van der Waals surface area contributed by atoms with Gasteiger partial charge in [0.1, 0.15) is 5.75 Å². The van der Waals surface area contributed by atoms with Crippen LogP contribution in [0.3, 0.4) is 0 Å². The Morgan fingerprint density at radius 2 is 1.96 bits per heavy atom. The van der Waals surface area contributed by atoms with Crippen molar-refractivity contribution in [2.45, 2.75) is 32.7 Å². The smallest absolute Gasteiger partial charge is 0.246 e. The molecule has 0 fully saturated rings. The van der Waals surface area contributed by atoms with E-state index in [1.165, 1.54) is 5.56 Å². The van der Waals surface area contributed by atoms with Gasteiger partial charge in [0, 0.05) is 11.7 Å². The van der Waals surface area contributed by atoms with Crippen LogP contribution in [0.5, 0.6) is 5.75 Å². The number of benzene rings is 2. The molecule has 1 aliphatic rings. The minimum atomic E-state index is 0.0842. The lowest BCUT2D eigenvalue weighted by Crippen LogP contribution is -2.44. The maximum atomic E-state index is 12.8. The molecule has 0 unspecified atom stereocenters. The summed E-state index contributed by atoms with van der Waals surface area (Å²) in [5.74, 6) is 0.862. The summed E-state index contributed by atoms with van der Waals surface area (Å²) < 4.78 is 5.60. The molecule has 1 atom stereocenters. The summed E-state index contributed by atoms with van der Waals surface area (Å²) in [6.07, 6.45) is 2.03. The molecule has 1 N–H and O–H groups in total. The first kappa shape index (κ1) is 16.4. The molecule has 0 radical (unpaired) electrons. The molecule has 0 aromatic heterocycles. The van der Waals surface area contributed by atoms with Crippen LogP contribution in [0.2, 0.25) is 0 Å². The third kappa shape index (κ3) is 3.37. The molecule has 2 aromatic rings. The van der Waals surface area contributed by atoms with Crippen LogP contribution in [0.4, 0.5) is 11.4 Å². The van der Waals surface area contributed by atoms with Crippen LogP contribution in [0.25, 0.3) is 0 Å². The van der Waals surface area contributed by atoms with Crippen molar-refractivity contribution in [3.05, 3.63) is 54.1 Å². The Kier molecular flexibility index (Phi) is 5.04. The Morgan fingerprint density at radius 3 is 2.79 bits per heavy atom. The summed E-state index contributed by atoms with van der Waals surface area (Å²) in [5, 5.41) is 3.23. The Morgan fingerprint density at radius 1 is 1.21 bits per heavy atom. The van der Waals surface area contributed by atoms with Crippen molar-refractivity contribution in [1.82, 2.24) is 0 Å². The molecule has 3 rings (SSSR count). The first-order valence-electron chi connectivity index (χ1n) is 8.56. The molecular formula is C20H24N2O2. The molecule has 2 aromatic carbocycles. The van der Waals surface area contributed by atoms with E-state index in [2.05, 4.69) is 18.3 Å². The Bertz CT molecular complexity index is 714. The number of carbonyl (C=O) groups excluding carboxylic acids is 1. The highest BCUT2D eigenvalue weighted by Crippen LogP contribution is 2.31. The third-order valence-electron chi connectivity index (χ3n) is 4.41. The second kappa shape index (κ2) is 7.39. The van der Waals surface area contributed by atoms with Crippen molar-refractivity contribution in [1.29, 1.82) is 0 Å². The predicted molar refractivity (Wildman–Crippen MR) is 97.8 cm³/mol. The lowest BCUT2D eigenvalue weighted by Gasteiger charge is -2.35. The number of para-hydroxylation sites is 3. The maximum absolute atomic E-state index is 12.8. The summed E-state index contributed by atoms with van der Waals surface area (Å²) in [6.45, 7) is 4.92. The summed E-state index contributed by atoms with van der Waals surface area (Å²) >= 11 is 0. The molecule has 1 aliphatic heterocycles. The zero-order valence-corrected chi connectivity index (χ0v) is 14.3. The van der Waals surface area contributed by atoms with Gasteiger partial charge in [-0.25, -0.2) is 0 Å². The van der Waals surface area contributed by atoms with Gasteiger partial charge >= 0.3 is 0 Å². The number of nitrogens with zero attached hydrogens (tertiary/aromatic N) is 1. The van der Waals surface area contributed by atoms with E-state index in [0.29, 0.717) is 6.61 Å². The fraction of sp³-hybridized carbons (Fsp3) is 0.350. The summed E-state index contributed by atoms with van der Waals surface area (Å²) in [5.41, 5.74) is 3.14.